The van der Waals surface area contributed by atoms with Crippen molar-refractivity contribution in [2.75, 3.05) is 19.8 Å². The van der Waals surface area contributed by atoms with Gasteiger partial charge in [-0.15, -0.1) is 11.3 Å². The Hall–Kier alpha value is -1.89. The van der Waals surface area contributed by atoms with Crippen LogP contribution in [0, 0.1) is 5.41 Å². The highest BCUT2D eigenvalue weighted by Crippen LogP contribution is 2.31. The standard InChI is InChI=1S/C18H18ClNO4S/c19-13-3-1-12(2-4-13)14-5-6-15(25-14)16(21)20-11-18(17(22)23)7-9-24-10-8-18/h1-6H,7-11H2,(H,20,21)(H,22,23). The number of halogens is 1. The van der Waals surface area contributed by atoms with E-state index in [9.17, 15) is 14.7 Å². The fourth-order valence-corrected chi connectivity index (χ4v) is 3.85. The van der Waals surface area contributed by atoms with Crippen LogP contribution in [0.15, 0.2) is 36.4 Å². The molecule has 0 unspecified atom stereocenters. The molecule has 0 radical (unpaired) electrons. The molecule has 0 bridgehead atoms. The quantitative estimate of drug-likeness (QED) is 0.830. The van der Waals surface area contributed by atoms with Crippen LogP contribution in [0.3, 0.4) is 0 Å². The number of hydrogen-bond donors (Lipinski definition) is 2. The van der Waals surface area contributed by atoms with Gasteiger partial charge in [0, 0.05) is 29.7 Å². The molecule has 1 saturated heterocycles. The minimum Gasteiger partial charge on any atom is -0.481 e. The Morgan fingerprint density at radius 1 is 1.16 bits per heavy atom. The van der Waals surface area contributed by atoms with Gasteiger partial charge in [0.25, 0.3) is 5.91 Å². The first-order chi connectivity index (χ1) is 12.0. The monoisotopic (exact) mass is 379 g/mol. The van der Waals surface area contributed by atoms with Gasteiger partial charge in [-0.2, -0.15) is 0 Å². The van der Waals surface area contributed by atoms with Crippen molar-refractivity contribution in [1.82, 2.24) is 5.32 Å². The van der Waals surface area contributed by atoms with Gasteiger partial charge < -0.3 is 15.2 Å². The molecule has 1 aliphatic rings. The molecule has 25 heavy (non-hydrogen) atoms. The topological polar surface area (TPSA) is 75.6 Å². The molecule has 1 aromatic carbocycles. The van der Waals surface area contributed by atoms with Gasteiger partial charge in [0.1, 0.15) is 0 Å². The van der Waals surface area contributed by atoms with E-state index in [1.54, 1.807) is 18.2 Å². The summed E-state index contributed by atoms with van der Waals surface area (Å²) < 4.78 is 5.24. The number of amides is 1. The average Bonchev–Trinajstić information content (AvgIpc) is 3.11. The van der Waals surface area contributed by atoms with E-state index in [1.807, 2.05) is 18.2 Å². The van der Waals surface area contributed by atoms with Crippen LogP contribution in [0.4, 0.5) is 0 Å². The zero-order valence-electron chi connectivity index (χ0n) is 13.5. The molecule has 7 heteroatoms. The second kappa shape index (κ2) is 7.56. The third-order valence-electron chi connectivity index (χ3n) is 4.45. The summed E-state index contributed by atoms with van der Waals surface area (Å²) in [5.41, 5.74) is 0.0457. The van der Waals surface area contributed by atoms with E-state index >= 15 is 0 Å². The van der Waals surface area contributed by atoms with Crippen molar-refractivity contribution >= 4 is 34.8 Å². The number of benzene rings is 1. The van der Waals surface area contributed by atoms with Crippen LogP contribution in [0.25, 0.3) is 10.4 Å². The molecule has 0 spiro atoms. The first kappa shape index (κ1) is 17.9. The molecule has 2 N–H and O–H groups in total. The maximum atomic E-state index is 12.4. The van der Waals surface area contributed by atoms with Crippen LogP contribution in [-0.4, -0.2) is 36.7 Å². The number of aliphatic carboxylic acids is 1. The molecular weight excluding hydrogens is 362 g/mol. The van der Waals surface area contributed by atoms with E-state index in [2.05, 4.69) is 5.32 Å². The molecule has 1 aromatic heterocycles. The summed E-state index contributed by atoms with van der Waals surface area (Å²) in [6, 6.07) is 11.0. The van der Waals surface area contributed by atoms with Gasteiger partial charge in [-0.05, 0) is 42.7 Å². The van der Waals surface area contributed by atoms with Crippen LogP contribution >= 0.6 is 22.9 Å². The fraction of sp³-hybridized carbons (Fsp3) is 0.333. The third kappa shape index (κ3) is 4.03. The molecule has 0 atom stereocenters. The van der Waals surface area contributed by atoms with Gasteiger partial charge in [0.15, 0.2) is 0 Å². The minimum absolute atomic E-state index is 0.110. The highest BCUT2D eigenvalue weighted by Gasteiger charge is 2.40. The van der Waals surface area contributed by atoms with Gasteiger partial charge in [-0.1, -0.05) is 23.7 Å². The van der Waals surface area contributed by atoms with E-state index in [-0.39, 0.29) is 12.5 Å². The first-order valence-electron chi connectivity index (χ1n) is 7.95. The van der Waals surface area contributed by atoms with Gasteiger partial charge in [-0.3, -0.25) is 9.59 Å². The fourth-order valence-electron chi connectivity index (χ4n) is 2.79. The third-order valence-corrected chi connectivity index (χ3v) is 5.83. The number of carbonyl (C=O) groups excluding carboxylic acids is 1. The SMILES string of the molecule is O=C(NCC1(C(=O)O)CCOCC1)c1ccc(-c2ccc(Cl)cc2)s1. The Morgan fingerprint density at radius 3 is 2.48 bits per heavy atom. The van der Waals surface area contributed by atoms with Crippen molar-refractivity contribution in [3.8, 4) is 10.4 Å². The molecular formula is C18H18ClNO4S. The highest BCUT2D eigenvalue weighted by atomic mass is 35.5. The van der Waals surface area contributed by atoms with Gasteiger partial charge in [0.05, 0.1) is 10.3 Å². The van der Waals surface area contributed by atoms with Crippen LogP contribution in [0.1, 0.15) is 22.5 Å². The zero-order chi connectivity index (χ0) is 17.9. The summed E-state index contributed by atoms with van der Waals surface area (Å²) in [4.78, 5) is 25.5. The Morgan fingerprint density at radius 2 is 1.84 bits per heavy atom. The zero-order valence-corrected chi connectivity index (χ0v) is 15.0. The predicted molar refractivity (Wildman–Crippen MR) is 97.2 cm³/mol. The number of nitrogens with one attached hydrogen (secondary N) is 1. The summed E-state index contributed by atoms with van der Waals surface area (Å²) >= 11 is 7.26. The van der Waals surface area contributed by atoms with Crippen LogP contribution in [0.5, 0.6) is 0 Å². The Balaban J connectivity index is 1.67. The van der Waals surface area contributed by atoms with Crippen molar-refractivity contribution in [2.45, 2.75) is 12.8 Å². The molecule has 2 aromatic rings. The van der Waals surface area contributed by atoms with E-state index in [4.69, 9.17) is 16.3 Å². The number of hydrogen-bond acceptors (Lipinski definition) is 4. The van der Waals surface area contributed by atoms with Crippen LogP contribution < -0.4 is 5.32 Å². The van der Waals surface area contributed by atoms with E-state index < -0.39 is 11.4 Å². The van der Waals surface area contributed by atoms with Crippen LogP contribution in [-0.2, 0) is 9.53 Å². The number of thiophene rings is 1. The maximum Gasteiger partial charge on any atom is 0.311 e. The van der Waals surface area contributed by atoms with Crippen molar-refractivity contribution < 1.29 is 19.4 Å². The first-order valence-corrected chi connectivity index (χ1v) is 9.15. The lowest BCUT2D eigenvalue weighted by Crippen LogP contribution is -2.46. The molecule has 1 aliphatic heterocycles. The van der Waals surface area contributed by atoms with E-state index in [0.29, 0.717) is 36.0 Å². The Labute approximate surface area is 154 Å². The molecule has 2 heterocycles. The van der Waals surface area contributed by atoms with Crippen LogP contribution in [0.2, 0.25) is 5.02 Å². The minimum atomic E-state index is -0.940. The van der Waals surface area contributed by atoms with Gasteiger partial charge in [0.2, 0.25) is 0 Å². The van der Waals surface area contributed by atoms with E-state index in [0.717, 1.165) is 10.4 Å². The van der Waals surface area contributed by atoms with Crippen molar-refractivity contribution in [2.24, 2.45) is 5.41 Å². The largest absolute Gasteiger partial charge is 0.481 e. The molecule has 0 aliphatic carbocycles. The number of rotatable bonds is 5. The molecule has 5 nitrogen and oxygen atoms in total. The van der Waals surface area contributed by atoms with Crippen molar-refractivity contribution in [3.63, 3.8) is 0 Å². The number of carbonyl (C=O) groups is 2. The van der Waals surface area contributed by atoms with Crippen molar-refractivity contribution in [3.05, 3.63) is 46.3 Å². The lowest BCUT2D eigenvalue weighted by atomic mass is 9.80. The highest BCUT2D eigenvalue weighted by molar-refractivity contribution is 7.17. The summed E-state index contributed by atoms with van der Waals surface area (Å²) in [6.45, 7) is 0.919. The summed E-state index contributed by atoms with van der Waals surface area (Å²) in [6.07, 6.45) is 0.812. The maximum absolute atomic E-state index is 12.4. The molecule has 1 fully saturated rings. The predicted octanol–water partition coefficient (Wildman–Crippen LogP) is 3.68. The molecule has 3 rings (SSSR count). The number of carboxylic acids is 1. The second-order valence-corrected chi connectivity index (χ2v) is 7.57. The van der Waals surface area contributed by atoms with E-state index in [1.165, 1.54) is 11.3 Å². The lowest BCUT2D eigenvalue weighted by Gasteiger charge is -2.33. The smallest absolute Gasteiger partial charge is 0.311 e. The van der Waals surface area contributed by atoms with Gasteiger partial charge >= 0.3 is 5.97 Å². The second-order valence-electron chi connectivity index (χ2n) is 6.05. The molecule has 1 amide bonds. The average molecular weight is 380 g/mol. The lowest BCUT2D eigenvalue weighted by molar-refractivity contribution is -0.154. The number of carboxylic acid groups (broad SMARTS) is 1. The Bertz CT molecular complexity index is 766. The normalized spacial score (nSPS) is 16.4. The summed E-state index contributed by atoms with van der Waals surface area (Å²) in [7, 11) is 0. The summed E-state index contributed by atoms with van der Waals surface area (Å²) in [5.74, 6) is -1.14. The Kier molecular flexibility index (Phi) is 5.42. The molecule has 132 valence electrons. The van der Waals surface area contributed by atoms with Gasteiger partial charge in [-0.25, -0.2) is 0 Å². The summed E-state index contributed by atoms with van der Waals surface area (Å²) in [5, 5.41) is 13.0. The number of ether oxygens (including phenoxy) is 1. The van der Waals surface area contributed by atoms with Crippen molar-refractivity contribution in [1.29, 1.82) is 0 Å². The molecule has 0 saturated carbocycles.